The summed E-state index contributed by atoms with van der Waals surface area (Å²) in [5.41, 5.74) is 0.504. The Balaban J connectivity index is 2.00. The molecule has 0 saturated heterocycles. The number of aromatic nitrogens is 4. The fraction of sp³-hybridized carbons (Fsp3) is 0.500. The molecule has 0 radical (unpaired) electrons. The number of aryl methyl sites for hydroxylation is 2. The molecule has 2 heterocycles. The van der Waals surface area contributed by atoms with Crippen LogP contribution in [0.2, 0.25) is 0 Å². The molecule has 0 aliphatic heterocycles. The van der Waals surface area contributed by atoms with Gasteiger partial charge in [-0.15, -0.1) is 0 Å². The third-order valence-corrected chi connectivity index (χ3v) is 3.38. The summed E-state index contributed by atoms with van der Waals surface area (Å²) in [6.07, 6.45) is 2.70. The molecule has 0 aromatic carbocycles. The molecule has 0 amide bonds. The summed E-state index contributed by atoms with van der Waals surface area (Å²) in [5, 5.41) is 3.81. The Kier molecular flexibility index (Phi) is 3.57. The van der Waals surface area contributed by atoms with E-state index in [1.807, 2.05) is 0 Å². The Labute approximate surface area is 121 Å². The molecule has 7 heteroatoms. The van der Waals surface area contributed by atoms with Crippen molar-refractivity contribution in [2.75, 3.05) is 6.61 Å². The first kappa shape index (κ1) is 13.9. The molecule has 5 nitrogen and oxygen atoms in total. The molecule has 1 fully saturated rings. The van der Waals surface area contributed by atoms with E-state index in [9.17, 15) is 8.78 Å². The van der Waals surface area contributed by atoms with Gasteiger partial charge < -0.3 is 4.74 Å². The second-order valence-corrected chi connectivity index (χ2v) is 5.29. The van der Waals surface area contributed by atoms with Crippen LogP contribution in [0.15, 0.2) is 12.4 Å². The highest BCUT2D eigenvalue weighted by Crippen LogP contribution is 2.36. The summed E-state index contributed by atoms with van der Waals surface area (Å²) < 4.78 is 33.3. The predicted molar refractivity (Wildman–Crippen MR) is 72.1 cm³/mol. The second-order valence-electron chi connectivity index (χ2n) is 5.29. The maximum absolute atomic E-state index is 13.1. The molecule has 0 unspecified atom stereocenters. The number of halogens is 2. The highest BCUT2D eigenvalue weighted by molar-refractivity contribution is 5.69. The minimum atomic E-state index is -2.65. The number of alkyl halides is 2. The molecule has 0 N–H and O–H groups in total. The smallest absolute Gasteiger partial charge is 0.282 e. The summed E-state index contributed by atoms with van der Waals surface area (Å²) in [6.45, 7) is 2.30. The zero-order valence-corrected chi connectivity index (χ0v) is 11.9. The first-order valence-corrected chi connectivity index (χ1v) is 6.83. The Morgan fingerprint density at radius 1 is 1.38 bits per heavy atom. The van der Waals surface area contributed by atoms with Gasteiger partial charge in [-0.05, 0) is 25.7 Å². The fourth-order valence-corrected chi connectivity index (χ4v) is 2.10. The molecule has 0 atom stereocenters. The van der Waals surface area contributed by atoms with Gasteiger partial charge in [0.25, 0.3) is 6.43 Å². The third-order valence-electron chi connectivity index (χ3n) is 3.38. The van der Waals surface area contributed by atoms with Crippen molar-refractivity contribution in [3.63, 3.8) is 0 Å². The first-order chi connectivity index (χ1) is 10.0. The second kappa shape index (κ2) is 5.38. The van der Waals surface area contributed by atoms with Gasteiger partial charge >= 0.3 is 0 Å². The van der Waals surface area contributed by atoms with Crippen molar-refractivity contribution in [2.24, 2.45) is 13.0 Å². The lowest BCUT2D eigenvalue weighted by molar-refractivity contribution is 0.146. The molecule has 3 rings (SSSR count). The summed E-state index contributed by atoms with van der Waals surface area (Å²) >= 11 is 0. The molecule has 0 bridgehead atoms. The van der Waals surface area contributed by atoms with Gasteiger partial charge in [0.05, 0.1) is 12.2 Å². The summed E-state index contributed by atoms with van der Waals surface area (Å²) in [4.78, 5) is 8.34. The minimum Gasteiger partial charge on any atom is -0.477 e. The van der Waals surface area contributed by atoms with E-state index >= 15 is 0 Å². The van der Waals surface area contributed by atoms with E-state index in [2.05, 4.69) is 15.1 Å². The van der Waals surface area contributed by atoms with Crippen LogP contribution in [-0.4, -0.2) is 26.4 Å². The highest BCUT2D eigenvalue weighted by atomic mass is 19.3. The molecule has 112 valence electrons. The van der Waals surface area contributed by atoms with Gasteiger partial charge in [0.2, 0.25) is 5.88 Å². The lowest BCUT2D eigenvalue weighted by Crippen LogP contribution is -2.04. The lowest BCUT2D eigenvalue weighted by Gasteiger charge is -2.10. The monoisotopic (exact) mass is 294 g/mol. The summed E-state index contributed by atoms with van der Waals surface area (Å²) in [7, 11) is 1.61. The van der Waals surface area contributed by atoms with Crippen LogP contribution in [0.3, 0.4) is 0 Å². The van der Waals surface area contributed by atoms with Gasteiger partial charge in [-0.25, -0.2) is 13.8 Å². The molecule has 2 aromatic heterocycles. The number of hydrogen-bond donors (Lipinski definition) is 0. The van der Waals surface area contributed by atoms with Crippen LogP contribution in [-0.2, 0) is 7.05 Å². The maximum Gasteiger partial charge on any atom is 0.282 e. The van der Waals surface area contributed by atoms with Crippen LogP contribution in [0.4, 0.5) is 8.78 Å². The van der Waals surface area contributed by atoms with Crippen molar-refractivity contribution < 1.29 is 13.5 Å². The van der Waals surface area contributed by atoms with Crippen LogP contribution < -0.4 is 4.74 Å². The van der Waals surface area contributed by atoms with Crippen molar-refractivity contribution in [3.8, 4) is 17.0 Å². The third kappa shape index (κ3) is 3.01. The van der Waals surface area contributed by atoms with Gasteiger partial charge in [0.15, 0.2) is 0 Å². The van der Waals surface area contributed by atoms with Crippen LogP contribution in [0.25, 0.3) is 11.1 Å². The van der Waals surface area contributed by atoms with E-state index in [0.717, 1.165) is 12.8 Å². The van der Waals surface area contributed by atoms with Crippen molar-refractivity contribution in [3.05, 3.63) is 23.9 Å². The first-order valence-electron chi connectivity index (χ1n) is 6.83. The Morgan fingerprint density at radius 2 is 2.14 bits per heavy atom. The van der Waals surface area contributed by atoms with Crippen molar-refractivity contribution in [1.29, 1.82) is 0 Å². The summed E-state index contributed by atoms with van der Waals surface area (Å²) in [5.74, 6) is 1.45. The quantitative estimate of drug-likeness (QED) is 0.851. The Hall–Kier alpha value is -2.05. The maximum atomic E-state index is 13.1. The molecule has 0 spiro atoms. The minimum absolute atomic E-state index is 0.277. The largest absolute Gasteiger partial charge is 0.477 e. The average Bonchev–Trinajstić information content (AvgIpc) is 3.18. The molecular formula is C14H16F2N4O. The number of ether oxygens (including phenoxy) is 1. The number of hydrogen-bond acceptors (Lipinski definition) is 4. The predicted octanol–water partition coefficient (Wildman–Crippen LogP) is 2.91. The van der Waals surface area contributed by atoms with Crippen molar-refractivity contribution in [1.82, 2.24) is 19.7 Å². The lowest BCUT2D eigenvalue weighted by atomic mass is 10.1. The Morgan fingerprint density at radius 3 is 2.81 bits per heavy atom. The van der Waals surface area contributed by atoms with Gasteiger partial charge in [-0.3, -0.25) is 4.68 Å². The van der Waals surface area contributed by atoms with Crippen LogP contribution in [0.1, 0.15) is 30.8 Å². The SMILES string of the molecule is Cc1ncc(-c2cn(C)nc2C(F)F)c(OCC2CC2)n1. The van der Waals surface area contributed by atoms with E-state index in [-0.39, 0.29) is 5.69 Å². The van der Waals surface area contributed by atoms with E-state index < -0.39 is 6.43 Å². The van der Waals surface area contributed by atoms with E-state index in [0.29, 0.717) is 35.4 Å². The van der Waals surface area contributed by atoms with Crippen molar-refractivity contribution >= 4 is 0 Å². The molecular weight excluding hydrogens is 278 g/mol. The molecule has 21 heavy (non-hydrogen) atoms. The van der Waals surface area contributed by atoms with Gasteiger partial charge in [0, 0.05) is 25.0 Å². The average molecular weight is 294 g/mol. The molecule has 2 aromatic rings. The molecule has 1 aliphatic rings. The van der Waals surface area contributed by atoms with Gasteiger partial charge in [-0.2, -0.15) is 10.1 Å². The van der Waals surface area contributed by atoms with Gasteiger partial charge in [0.1, 0.15) is 11.5 Å². The van der Waals surface area contributed by atoms with E-state index in [1.165, 1.54) is 10.9 Å². The van der Waals surface area contributed by atoms with Crippen LogP contribution in [0.5, 0.6) is 5.88 Å². The zero-order chi connectivity index (χ0) is 15.0. The zero-order valence-electron chi connectivity index (χ0n) is 11.9. The normalized spacial score (nSPS) is 14.7. The van der Waals surface area contributed by atoms with E-state index in [1.54, 1.807) is 20.2 Å². The fourth-order valence-electron chi connectivity index (χ4n) is 2.10. The number of nitrogens with zero attached hydrogens (tertiary/aromatic N) is 4. The highest BCUT2D eigenvalue weighted by Gasteiger charge is 2.25. The molecule has 1 aliphatic carbocycles. The Bertz CT molecular complexity index is 652. The van der Waals surface area contributed by atoms with Crippen LogP contribution in [0, 0.1) is 12.8 Å². The van der Waals surface area contributed by atoms with Crippen LogP contribution >= 0.6 is 0 Å². The standard InChI is InChI=1S/C14H16F2N4O/c1-8-17-5-10(14(18-8)21-7-9-3-4-9)11-6-20(2)19-12(11)13(15)16/h5-6,9,13H,3-4,7H2,1-2H3. The van der Waals surface area contributed by atoms with Gasteiger partial charge in [-0.1, -0.05) is 0 Å². The van der Waals surface area contributed by atoms with Crippen molar-refractivity contribution in [2.45, 2.75) is 26.2 Å². The molecule has 1 saturated carbocycles. The number of rotatable bonds is 5. The topological polar surface area (TPSA) is 52.8 Å². The van der Waals surface area contributed by atoms with E-state index in [4.69, 9.17) is 4.74 Å². The summed E-state index contributed by atoms with van der Waals surface area (Å²) in [6, 6.07) is 0.